The first-order chi connectivity index (χ1) is 16.3. The third-order valence-electron chi connectivity index (χ3n) is 6.94. The predicted octanol–water partition coefficient (Wildman–Crippen LogP) is 2.72. The van der Waals surface area contributed by atoms with E-state index in [2.05, 4.69) is 0 Å². The zero-order valence-electron chi connectivity index (χ0n) is 20.1. The van der Waals surface area contributed by atoms with Crippen molar-refractivity contribution in [1.29, 1.82) is 0 Å². The van der Waals surface area contributed by atoms with Crippen LogP contribution in [0.3, 0.4) is 0 Å². The summed E-state index contributed by atoms with van der Waals surface area (Å²) in [4.78, 5) is 6.83. The number of hydrogen-bond acceptors (Lipinski definition) is 6. The number of aromatic nitrogens is 1. The van der Waals surface area contributed by atoms with Crippen molar-refractivity contribution in [2.24, 2.45) is 5.92 Å². The van der Waals surface area contributed by atoms with Crippen LogP contribution in [0.15, 0.2) is 30.3 Å². The first-order valence-electron chi connectivity index (χ1n) is 11.3. The fourth-order valence-electron chi connectivity index (χ4n) is 4.63. The van der Waals surface area contributed by atoms with Gasteiger partial charge in [-0.1, -0.05) is 12.1 Å². The van der Waals surface area contributed by atoms with Gasteiger partial charge in [-0.05, 0) is 30.7 Å². The molecule has 0 radical (unpaired) electrons. The van der Waals surface area contributed by atoms with E-state index in [1.165, 1.54) is 17.6 Å². The lowest BCUT2D eigenvalue weighted by Gasteiger charge is -2.34. The average molecular weight is 564 g/mol. The molecular formula is C22H28ClF2N5O4S2. The van der Waals surface area contributed by atoms with Crippen LogP contribution in [0.5, 0.6) is 0 Å². The van der Waals surface area contributed by atoms with Crippen LogP contribution in [0.4, 0.5) is 26.0 Å². The Morgan fingerprint density at radius 1 is 1.08 bits per heavy atom. The molecule has 9 nitrogen and oxygen atoms in total. The van der Waals surface area contributed by atoms with Crippen LogP contribution in [0, 0.1) is 12.8 Å². The number of rotatable bonds is 5. The predicted molar refractivity (Wildman–Crippen MR) is 138 cm³/mol. The van der Waals surface area contributed by atoms with Gasteiger partial charge in [-0.3, -0.25) is 8.61 Å². The maximum absolute atomic E-state index is 13.5. The molecule has 14 heteroatoms. The first kappa shape index (κ1) is 26.8. The van der Waals surface area contributed by atoms with E-state index in [-0.39, 0.29) is 25.4 Å². The number of halogens is 3. The second-order valence-electron chi connectivity index (χ2n) is 9.36. The van der Waals surface area contributed by atoms with E-state index >= 15 is 0 Å². The Labute approximate surface area is 216 Å². The van der Waals surface area contributed by atoms with E-state index in [0.717, 1.165) is 14.2 Å². The zero-order chi connectivity index (χ0) is 25.3. The minimum atomic E-state index is -3.93. The molecule has 3 aliphatic rings. The number of benzene rings is 1. The fraction of sp³-hybridized carbons (Fsp3) is 0.500. The molecular weight excluding hydrogens is 536 g/mol. The van der Waals surface area contributed by atoms with Gasteiger partial charge < -0.3 is 4.90 Å². The van der Waals surface area contributed by atoms with Gasteiger partial charge in [-0.25, -0.2) is 22.2 Å². The number of alkyl halides is 2. The van der Waals surface area contributed by atoms with Crippen LogP contribution in [-0.2, 0) is 20.2 Å². The highest BCUT2D eigenvalue weighted by atomic mass is 35.5. The molecule has 1 aliphatic carbocycles. The number of fused-ring (bicyclic) bond motifs is 1. The van der Waals surface area contributed by atoms with E-state index in [4.69, 9.17) is 4.98 Å². The van der Waals surface area contributed by atoms with Gasteiger partial charge >= 0.3 is 10.2 Å². The van der Waals surface area contributed by atoms with Crippen LogP contribution < -0.4 is 13.5 Å². The Hall–Kier alpha value is -2.22. The molecule has 2 aromatic rings. The van der Waals surface area contributed by atoms with Crippen molar-refractivity contribution in [3.05, 3.63) is 35.9 Å². The number of hydrogen-bond donors (Lipinski definition) is 0. The normalized spacial score (nSPS) is 22.8. The zero-order valence-corrected chi connectivity index (χ0v) is 22.5. The van der Waals surface area contributed by atoms with E-state index in [0.29, 0.717) is 54.6 Å². The van der Waals surface area contributed by atoms with Gasteiger partial charge in [0.25, 0.3) is 5.92 Å². The van der Waals surface area contributed by atoms with Crippen molar-refractivity contribution in [2.75, 3.05) is 59.5 Å². The average Bonchev–Trinajstić information content (AvgIpc) is 3.36. The molecule has 0 N–H and O–H groups in total. The van der Waals surface area contributed by atoms with Crippen molar-refractivity contribution in [2.45, 2.75) is 19.3 Å². The van der Waals surface area contributed by atoms with E-state index < -0.39 is 32.1 Å². The molecule has 1 aromatic heterocycles. The number of pyridine rings is 1. The Kier molecular flexibility index (Phi) is 6.68. The van der Waals surface area contributed by atoms with Crippen LogP contribution >= 0.6 is 12.4 Å². The quantitative estimate of drug-likeness (QED) is 0.555. The molecule has 1 saturated heterocycles. The number of aryl methyl sites for hydroxylation is 1. The summed E-state index contributed by atoms with van der Waals surface area (Å²) in [6, 6.07) is 8.93. The van der Waals surface area contributed by atoms with Crippen molar-refractivity contribution in [1.82, 2.24) is 9.29 Å². The Morgan fingerprint density at radius 2 is 1.72 bits per heavy atom. The molecule has 5 rings (SSSR count). The van der Waals surface area contributed by atoms with E-state index in [1.807, 2.05) is 24.0 Å². The molecule has 3 heterocycles. The van der Waals surface area contributed by atoms with E-state index in [1.54, 1.807) is 18.2 Å². The summed E-state index contributed by atoms with van der Waals surface area (Å²) in [6.45, 7) is 3.42. The highest BCUT2D eigenvalue weighted by molar-refractivity contribution is 7.94. The monoisotopic (exact) mass is 563 g/mol. The van der Waals surface area contributed by atoms with Gasteiger partial charge in [-0.2, -0.15) is 12.7 Å². The molecule has 36 heavy (non-hydrogen) atoms. The SMILES string of the molecule is Cc1ccc(N2CCN(S(C)(=O)=O)CC2)nc1-c1ccc2c(c1)N(C)S(=O)(=O)N2CC1CC1(F)F.Cl. The van der Waals surface area contributed by atoms with Gasteiger partial charge in [0.15, 0.2) is 0 Å². The van der Waals surface area contributed by atoms with Gasteiger partial charge in [0, 0.05) is 57.7 Å². The van der Waals surface area contributed by atoms with Gasteiger partial charge in [0.05, 0.1) is 23.3 Å². The third kappa shape index (κ3) is 4.61. The topological polar surface area (TPSA) is 94.1 Å². The Bertz CT molecular complexity index is 1400. The maximum Gasteiger partial charge on any atom is 0.326 e. The summed E-state index contributed by atoms with van der Waals surface area (Å²) in [5, 5.41) is 0. The molecule has 1 aromatic carbocycles. The lowest BCUT2D eigenvalue weighted by Crippen LogP contribution is -2.48. The Balaban J connectivity index is 0.00000304. The van der Waals surface area contributed by atoms with Crippen molar-refractivity contribution in [3.63, 3.8) is 0 Å². The maximum atomic E-state index is 13.5. The summed E-state index contributed by atoms with van der Waals surface area (Å²) in [5.74, 6) is -3.08. The minimum Gasteiger partial charge on any atom is -0.354 e. The summed E-state index contributed by atoms with van der Waals surface area (Å²) in [7, 11) is -5.75. The van der Waals surface area contributed by atoms with E-state index in [9.17, 15) is 25.6 Å². The molecule has 1 saturated carbocycles. The molecule has 0 amide bonds. The number of sulfonamides is 1. The summed E-state index contributed by atoms with van der Waals surface area (Å²) in [6.07, 6.45) is 0.901. The fourth-order valence-corrected chi connectivity index (χ4v) is 6.91. The lowest BCUT2D eigenvalue weighted by molar-refractivity contribution is 0.101. The molecule has 0 spiro atoms. The third-order valence-corrected chi connectivity index (χ3v) is 10.0. The van der Waals surface area contributed by atoms with Gasteiger partial charge in [0.2, 0.25) is 10.0 Å². The summed E-state index contributed by atoms with van der Waals surface area (Å²) >= 11 is 0. The number of nitrogens with zero attached hydrogens (tertiary/aromatic N) is 5. The molecule has 1 atom stereocenters. The standard InChI is InChI=1S/C22H27F2N5O4S2.ClH/c1-15-4-7-20(27-8-10-28(11-9-27)34(3,30)31)25-21(15)16-5-6-18-19(12-16)26(2)35(32,33)29(18)14-17-13-22(17,23)24;/h4-7,12,17H,8-11,13-14H2,1-3H3;1H. The van der Waals surface area contributed by atoms with Crippen molar-refractivity contribution >= 4 is 49.8 Å². The van der Waals surface area contributed by atoms with Crippen molar-refractivity contribution in [3.8, 4) is 11.3 Å². The van der Waals surface area contributed by atoms with Crippen molar-refractivity contribution < 1.29 is 25.6 Å². The highest BCUT2D eigenvalue weighted by Gasteiger charge is 2.59. The van der Waals surface area contributed by atoms with Crippen LogP contribution in [0.1, 0.15) is 12.0 Å². The lowest BCUT2D eigenvalue weighted by atomic mass is 10.0. The minimum absolute atomic E-state index is 0. The van der Waals surface area contributed by atoms with Crippen LogP contribution in [0.25, 0.3) is 11.3 Å². The van der Waals surface area contributed by atoms with Crippen LogP contribution in [0.2, 0.25) is 0 Å². The van der Waals surface area contributed by atoms with Crippen LogP contribution in [-0.4, -0.2) is 78.1 Å². The molecule has 2 fully saturated rings. The largest absolute Gasteiger partial charge is 0.354 e. The molecule has 0 bridgehead atoms. The molecule has 2 aliphatic heterocycles. The number of anilines is 3. The van der Waals surface area contributed by atoms with Gasteiger partial charge in [-0.15, -0.1) is 12.4 Å². The second kappa shape index (κ2) is 8.96. The van der Waals surface area contributed by atoms with Gasteiger partial charge in [0.1, 0.15) is 5.82 Å². The summed E-state index contributed by atoms with van der Waals surface area (Å²) in [5.41, 5.74) is 3.07. The summed E-state index contributed by atoms with van der Waals surface area (Å²) < 4.78 is 80.1. The molecule has 1 unspecified atom stereocenters. The smallest absolute Gasteiger partial charge is 0.326 e. The highest BCUT2D eigenvalue weighted by Crippen LogP contribution is 2.51. The second-order valence-corrected chi connectivity index (χ2v) is 13.2. The number of piperazine rings is 1. The first-order valence-corrected chi connectivity index (χ1v) is 14.5. The molecule has 198 valence electrons. The Morgan fingerprint density at radius 3 is 2.31 bits per heavy atom.